The van der Waals surface area contributed by atoms with E-state index in [4.69, 9.17) is 111 Å². The summed E-state index contributed by atoms with van der Waals surface area (Å²) in [5.74, 6) is 0.474. The molecule has 0 bridgehead atoms. The molecule has 1 atom stereocenters. The monoisotopic (exact) mass is 1300 g/mol. The Morgan fingerprint density at radius 2 is 0.691 bits per heavy atom. The highest BCUT2D eigenvalue weighted by atomic mass is 32.1. The van der Waals surface area contributed by atoms with Crippen LogP contribution in [0.4, 0.5) is 0 Å². The summed E-state index contributed by atoms with van der Waals surface area (Å²) < 4.78 is 112. The van der Waals surface area contributed by atoms with Crippen molar-refractivity contribution in [3.8, 4) is 0 Å². The molecule has 1 heterocycles. The van der Waals surface area contributed by atoms with Crippen molar-refractivity contribution >= 4 is 71.4 Å². The molecule has 0 spiro atoms. The Morgan fingerprint density at radius 3 is 0.914 bits per heavy atom. The lowest BCUT2D eigenvalue weighted by Gasteiger charge is -2.28. The number of thiol groups is 1. The summed E-state index contributed by atoms with van der Waals surface area (Å²) in [6, 6.07) is 4.65. The van der Waals surface area contributed by atoms with E-state index in [2.05, 4.69) is 19.2 Å². The molecule has 1 rings (SSSR count). The van der Waals surface area contributed by atoms with Crippen LogP contribution in [-0.4, -0.2) is 242 Å². The summed E-state index contributed by atoms with van der Waals surface area (Å²) in [5, 5.41) is 0. The normalized spacial score (nSPS) is 13.4. The van der Waals surface area contributed by atoms with Gasteiger partial charge in [-0.15, -0.1) is 0 Å². The molecule has 1 aliphatic rings. The van der Waals surface area contributed by atoms with Gasteiger partial charge in [0.1, 0.15) is 6.10 Å². The van der Waals surface area contributed by atoms with Crippen molar-refractivity contribution in [2.75, 3.05) is 177 Å². The third-order valence-corrected chi connectivity index (χ3v) is 29.3. The van der Waals surface area contributed by atoms with Crippen molar-refractivity contribution in [3.05, 3.63) is 12.2 Å². The number of carbonyl (C=O) groups excluding carboxylic acids is 1. The summed E-state index contributed by atoms with van der Waals surface area (Å²) in [5.41, 5.74) is 16.6. The van der Waals surface area contributed by atoms with Crippen molar-refractivity contribution in [2.24, 2.45) is 17.2 Å². The van der Waals surface area contributed by atoms with E-state index in [-0.39, 0.29) is 5.97 Å². The first kappa shape index (κ1) is 89.7. The van der Waals surface area contributed by atoms with E-state index in [9.17, 15) is 4.79 Å². The van der Waals surface area contributed by atoms with Gasteiger partial charge in [-0.2, -0.15) is 12.6 Å². The third kappa shape index (κ3) is 45.0. The van der Waals surface area contributed by atoms with Crippen LogP contribution < -0.4 is 17.2 Å². The Morgan fingerprint density at radius 1 is 0.444 bits per heavy atom. The average molecular weight is 1300 g/mol. The van der Waals surface area contributed by atoms with Gasteiger partial charge in [0.15, 0.2) is 0 Å². The number of ether oxygens (including phenoxy) is 3. The van der Waals surface area contributed by atoms with Crippen LogP contribution in [0, 0.1) is 0 Å². The van der Waals surface area contributed by atoms with E-state index >= 15 is 0 Å². The van der Waals surface area contributed by atoms with Crippen LogP contribution >= 0.6 is 12.6 Å². The van der Waals surface area contributed by atoms with E-state index in [1.165, 1.54) is 0 Å². The Labute approximate surface area is 503 Å². The molecule has 492 valence electrons. The van der Waals surface area contributed by atoms with Gasteiger partial charge in [0.2, 0.25) is 0 Å². The fourth-order valence-electron chi connectivity index (χ4n) is 6.83. The highest BCUT2D eigenvalue weighted by Crippen LogP contribution is 2.21. The zero-order valence-electron chi connectivity index (χ0n) is 53.8. The fraction of sp³-hybridized carbons (Fsp3) is 0.939. The van der Waals surface area contributed by atoms with Crippen LogP contribution in [0.2, 0.25) is 36.3 Å². The number of rotatable bonds is 47. The van der Waals surface area contributed by atoms with Gasteiger partial charge >= 0.3 is 58.8 Å². The van der Waals surface area contributed by atoms with Gasteiger partial charge in [-0.25, -0.2) is 4.79 Å². The molecule has 1 saturated heterocycles. The zero-order chi connectivity index (χ0) is 63.0. The number of hydrogen-bond donors (Lipinski definition) is 4. The maximum Gasteiger partial charge on any atom is 0.500 e. The molecule has 0 aliphatic carbocycles. The highest BCUT2D eigenvalue weighted by Gasteiger charge is 2.42. The van der Waals surface area contributed by atoms with Crippen LogP contribution in [-0.2, 0) is 98.7 Å². The molecule has 0 radical (unpaired) electrons. The van der Waals surface area contributed by atoms with E-state index < -0.39 is 52.8 Å². The first-order valence-corrected chi connectivity index (χ1v) is 40.2. The predicted octanol–water partition coefficient (Wildman–Crippen LogP) is 6.21. The largest absolute Gasteiger partial charge is 0.500 e. The second-order valence-corrected chi connectivity index (χ2v) is 35.1. The molecule has 0 amide bonds. The quantitative estimate of drug-likeness (QED) is 0.0131. The van der Waals surface area contributed by atoms with Crippen LogP contribution in [0.1, 0.15) is 87.0 Å². The smallest absolute Gasteiger partial charge is 0.462 e. The summed E-state index contributed by atoms with van der Waals surface area (Å²) >= 11 is 4.19. The lowest BCUT2D eigenvalue weighted by atomic mass is 10.4. The van der Waals surface area contributed by atoms with Crippen molar-refractivity contribution in [2.45, 2.75) is 129 Å². The van der Waals surface area contributed by atoms with Gasteiger partial charge in [-0.05, 0) is 112 Å². The van der Waals surface area contributed by atoms with E-state index in [1.807, 2.05) is 41.5 Å². The van der Waals surface area contributed by atoms with Gasteiger partial charge in [-0.1, -0.05) is 6.58 Å². The average Bonchev–Trinajstić information content (AvgIpc) is 4.32. The number of carbonyl (C=O) groups is 1. The number of hydrogen-bond acceptors (Lipinski definition) is 26. The predicted molar refractivity (Wildman–Crippen MR) is 332 cm³/mol. The second kappa shape index (κ2) is 58.9. The minimum absolute atomic E-state index is 0.316. The van der Waals surface area contributed by atoms with Crippen LogP contribution in [0.25, 0.3) is 0 Å². The minimum Gasteiger partial charge on any atom is -0.462 e. The number of esters is 1. The van der Waals surface area contributed by atoms with E-state index in [0.717, 1.165) is 74.7 Å². The fourth-order valence-corrected chi connectivity index (χ4v) is 19.4. The number of nitrogens with two attached hydrogens (primary N) is 3. The van der Waals surface area contributed by atoms with Gasteiger partial charge in [0.05, 0.1) is 19.8 Å². The van der Waals surface area contributed by atoms with Gasteiger partial charge in [0, 0.05) is 173 Å². The van der Waals surface area contributed by atoms with E-state index in [1.54, 1.807) is 92.2 Å². The molecule has 1 aliphatic heterocycles. The van der Waals surface area contributed by atoms with Gasteiger partial charge < -0.3 is 111 Å². The Hall–Kier alpha value is -0.0587. The van der Waals surface area contributed by atoms with Crippen molar-refractivity contribution < 1.29 is 98.7 Å². The Balaban J connectivity index is -0.000000287. The molecular formula is C49H119N3O22SSi6. The SMILES string of the molecule is C=C(C)C(=O)OCCC[Si](OC)(OC)OC.CCO[Si](CCCN)(OCC)OCC.CCO[Si](CCCS)(OCC)OCC.CO[Si](CCCN)(OC)OC.CO[Si](CCCN)(OC)OC.CO[Si](CCCOCC1CO1)(OC)OC. The maximum atomic E-state index is 11.1. The lowest BCUT2D eigenvalue weighted by Crippen LogP contribution is -2.46. The molecule has 6 N–H and O–H groups in total. The third-order valence-electron chi connectivity index (χ3n) is 11.3. The molecule has 25 nitrogen and oxygen atoms in total. The summed E-state index contributed by atoms with van der Waals surface area (Å²) in [4.78, 5) is 11.1. The molecular weight excluding hydrogens is 1180 g/mol. The highest BCUT2D eigenvalue weighted by molar-refractivity contribution is 7.80. The molecule has 0 saturated carbocycles. The second-order valence-electron chi connectivity index (χ2n) is 16.8. The minimum atomic E-state index is -2.53. The summed E-state index contributed by atoms with van der Waals surface area (Å²) in [6.45, 7) is 25.3. The number of epoxide rings is 1. The van der Waals surface area contributed by atoms with Gasteiger partial charge in [-0.3, -0.25) is 0 Å². The van der Waals surface area contributed by atoms with Gasteiger partial charge in [0.25, 0.3) is 0 Å². The summed E-state index contributed by atoms with van der Waals surface area (Å²) in [7, 11) is 4.86. The Bertz CT molecular complexity index is 1260. The first-order chi connectivity index (χ1) is 38.7. The van der Waals surface area contributed by atoms with Crippen LogP contribution in [0.3, 0.4) is 0 Å². The lowest BCUT2D eigenvalue weighted by molar-refractivity contribution is -0.139. The van der Waals surface area contributed by atoms with Crippen LogP contribution in [0.5, 0.6) is 0 Å². The molecule has 1 unspecified atom stereocenters. The van der Waals surface area contributed by atoms with Crippen molar-refractivity contribution in [3.63, 3.8) is 0 Å². The standard InChI is InChI=1S/C10H20O5Si.C9H23NO3Si.C9H20O5Si.C9H22O3SSi.2C6H17NO3Si/c1-9(2)10(11)15-7-6-8-16(12-3,13-4)14-5;1-4-11-14(12-5-2,13-6-3)9-7-8-10;1-10-15(11-2,12-3)6-4-5-13-7-9-8-14-9;1-4-10-14(11-5-2,12-6-3)9-7-8-13;2*1-8-11(9-2,10-3)6-4-5-7/h1,6-8H2,2-5H3;4-10H2,1-3H3;9H,4-8H2,1-3H3;13H,4-9H2,1-3H3;2*4-7H2,1-3H3. The summed E-state index contributed by atoms with van der Waals surface area (Å²) in [6.07, 6.45) is 5.49. The zero-order valence-corrected chi connectivity index (χ0v) is 60.7. The van der Waals surface area contributed by atoms with Crippen LogP contribution in [0.15, 0.2) is 12.2 Å². The Kier molecular flexibility index (Phi) is 65.3. The van der Waals surface area contributed by atoms with Crippen molar-refractivity contribution in [1.29, 1.82) is 0 Å². The first-order valence-electron chi connectivity index (χ1n) is 27.9. The molecule has 32 heteroatoms. The molecule has 0 aromatic heterocycles. The molecule has 0 aromatic carbocycles. The maximum absolute atomic E-state index is 11.1. The van der Waals surface area contributed by atoms with E-state index in [0.29, 0.717) is 103 Å². The molecule has 81 heavy (non-hydrogen) atoms. The molecule has 1 fully saturated rings. The molecule has 0 aromatic rings. The topological polar surface area (TPSA) is 292 Å². The van der Waals surface area contributed by atoms with Crippen molar-refractivity contribution in [1.82, 2.24) is 0 Å².